The topological polar surface area (TPSA) is 55.1 Å². The van der Waals surface area contributed by atoms with Gasteiger partial charge in [0.1, 0.15) is 5.82 Å². The maximum absolute atomic E-state index is 13.3. The molecule has 0 unspecified atom stereocenters. The van der Waals surface area contributed by atoms with Gasteiger partial charge in [-0.3, -0.25) is 4.79 Å². The van der Waals surface area contributed by atoms with Gasteiger partial charge in [0, 0.05) is 11.3 Å². The lowest BCUT2D eigenvalue weighted by atomic mass is 10.2. The first-order chi connectivity index (χ1) is 8.97. The molecule has 2 aromatic carbocycles. The smallest absolute Gasteiger partial charge is 0.255 e. The number of anilines is 2. The van der Waals surface area contributed by atoms with Gasteiger partial charge in [-0.2, -0.15) is 0 Å². The normalized spacial score (nSPS) is 10.3. The molecule has 1 amide bonds. The summed E-state index contributed by atoms with van der Waals surface area (Å²) >= 11 is 8.87. The molecule has 0 heterocycles. The van der Waals surface area contributed by atoms with Gasteiger partial charge in [0.05, 0.1) is 15.2 Å². The van der Waals surface area contributed by atoms with Crippen LogP contribution in [0, 0.1) is 5.82 Å². The Hall–Kier alpha value is -1.59. The van der Waals surface area contributed by atoms with Crippen molar-refractivity contribution in [3.05, 3.63) is 57.3 Å². The number of halogens is 3. The van der Waals surface area contributed by atoms with Crippen molar-refractivity contribution >= 4 is 44.8 Å². The standard InChI is InChI=1S/C13H9BrClFN2O/c14-9-3-1-7(5-11(9)16)13(19)18-8-2-4-12(17)10(15)6-8/h1-6H,17H2,(H,18,19). The van der Waals surface area contributed by atoms with E-state index in [1.165, 1.54) is 18.2 Å². The van der Waals surface area contributed by atoms with Crippen molar-refractivity contribution in [2.45, 2.75) is 0 Å². The summed E-state index contributed by atoms with van der Waals surface area (Å²) in [5, 5.41) is 2.96. The van der Waals surface area contributed by atoms with Crippen LogP contribution in [-0.2, 0) is 0 Å². The maximum atomic E-state index is 13.3. The van der Waals surface area contributed by atoms with Crippen molar-refractivity contribution in [3.63, 3.8) is 0 Å². The molecule has 0 aliphatic carbocycles. The van der Waals surface area contributed by atoms with E-state index < -0.39 is 11.7 Å². The van der Waals surface area contributed by atoms with E-state index in [2.05, 4.69) is 21.2 Å². The molecule has 6 heteroatoms. The summed E-state index contributed by atoms with van der Waals surface area (Å²) < 4.78 is 13.6. The number of hydrogen-bond acceptors (Lipinski definition) is 2. The van der Waals surface area contributed by atoms with Crippen molar-refractivity contribution in [3.8, 4) is 0 Å². The van der Waals surface area contributed by atoms with Gasteiger partial charge >= 0.3 is 0 Å². The summed E-state index contributed by atoms with van der Waals surface area (Å²) in [6.45, 7) is 0. The Morgan fingerprint density at radius 3 is 2.63 bits per heavy atom. The Kier molecular flexibility index (Phi) is 4.07. The van der Waals surface area contributed by atoms with Crippen LogP contribution in [0.5, 0.6) is 0 Å². The summed E-state index contributed by atoms with van der Waals surface area (Å²) in [4.78, 5) is 11.9. The molecule has 0 saturated heterocycles. The van der Waals surface area contributed by atoms with Crippen LogP contribution in [0.4, 0.5) is 15.8 Å². The molecular formula is C13H9BrClFN2O. The van der Waals surface area contributed by atoms with E-state index in [1.54, 1.807) is 12.1 Å². The van der Waals surface area contributed by atoms with Gasteiger partial charge in [0.15, 0.2) is 0 Å². The number of rotatable bonds is 2. The molecule has 0 saturated carbocycles. The highest BCUT2D eigenvalue weighted by molar-refractivity contribution is 9.10. The molecule has 0 aliphatic heterocycles. The lowest BCUT2D eigenvalue weighted by Crippen LogP contribution is -2.12. The first-order valence-corrected chi connectivity index (χ1v) is 6.46. The van der Waals surface area contributed by atoms with Crippen LogP contribution < -0.4 is 11.1 Å². The summed E-state index contributed by atoms with van der Waals surface area (Å²) in [7, 11) is 0. The minimum Gasteiger partial charge on any atom is -0.398 e. The monoisotopic (exact) mass is 342 g/mol. The van der Waals surface area contributed by atoms with Crippen LogP contribution in [0.3, 0.4) is 0 Å². The predicted octanol–water partition coefficient (Wildman–Crippen LogP) is 4.08. The van der Waals surface area contributed by atoms with Crippen LogP contribution in [0.15, 0.2) is 40.9 Å². The number of benzene rings is 2. The van der Waals surface area contributed by atoms with Crippen LogP contribution in [0.2, 0.25) is 5.02 Å². The largest absolute Gasteiger partial charge is 0.398 e. The van der Waals surface area contributed by atoms with Crippen molar-refractivity contribution < 1.29 is 9.18 Å². The summed E-state index contributed by atoms with van der Waals surface area (Å²) in [6, 6.07) is 8.87. The molecule has 19 heavy (non-hydrogen) atoms. The van der Waals surface area contributed by atoms with Gasteiger partial charge in [0.2, 0.25) is 0 Å². The first kappa shape index (κ1) is 13.8. The lowest BCUT2D eigenvalue weighted by molar-refractivity contribution is 0.102. The maximum Gasteiger partial charge on any atom is 0.255 e. The third kappa shape index (κ3) is 3.24. The average Bonchev–Trinajstić information content (AvgIpc) is 2.37. The number of nitrogen functional groups attached to an aromatic ring is 1. The van der Waals surface area contributed by atoms with Crippen LogP contribution >= 0.6 is 27.5 Å². The van der Waals surface area contributed by atoms with Crippen molar-refractivity contribution in [2.75, 3.05) is 11.1 Å². The molecule has 0 aliphatic rings. The Balaban J connectivity index is 2.20. The highest BCUT2D eigenvalue weighted by Crippen LogP contribution is 2.23. The van der Waals surface area contributed by atoms with E-state index in [4.69, 9.17) is 17.3 Å². The van der Waals surface area contributed by atoms with Gasteiger partial charge in [-0.25, -0.2) is 4.39 Å². The summed E-state index contributed by atoms with van der Waals surface area (Å²) in [5.41, 5.74) is 6.70. The van der Waals surface area contributed by atoms with E-state index >= 15 is 0 Å². The van der Waals surface area contributed by atoms with Crippen molar-refractivity contribution in [1.82, 2.24) is 0 Å². The van der Waals surface area contributed by atoms with E-state index in [9.17, 15) is 9.18 Å². The van der Waals surface area contributed by atoms with Gasteiger partial charge < -0.3 is 11.1 Å². The Morgan fingerprint density at radius 2 is 2.00 bits per heavy atom. The van der Waals surface area contributed by atoms with Crippen LogP contribution in [0.1, 0.15) is 10.4 Å². The molecule has 3 N–H and O–H groups in total. The van der Waals surface area contributed by atoms with Gasteiger partial charge in [-0.05, 0) is 52.3 Å². The minimum atomic E-state index is -0.497. The van der Waals surface area contributed by atoms with E-state index in [-0.39, 0.29) is 5.56 Å². The molecule has 0 atom stereocenters. The fourth-order valence-electron chi connectivity index (χ4n) is 1.45. The molecule has 2 aromatic rings. The molecule has 3 nitrogen and oxygen atoms in total. The quantitative estimate of drug-likeness (QED) is 0.807. The van der Waals surface area contributed by atoms with Gasteiger partial charge in [0.25, 0.3) is 5.91 Å². The molecule has 98 valence electrons. The summed E-state index contributed by atoms with van der Waals surface area (Å²) in [6.07, 6.45) is 0. The van der Waals surface area contributed by atoms with E-state index in [1.807, 2.05) is 0 Å². The Bertz CT molecular complexity index is 649. The zero-order valence-electron chi connectivity index (χ0n) is 9.58. The third-order valence-corrected chi connectivity index (χ3v) is 3.41. The van der Waals surface area contributed by atoms with Gasteiger partial charge in [-0.15, -0.1) is 0 Å². The number of carbonyl (C=O) groups excluding carboxylic acids is 1. The lowest BCUT2D eigenvalue weighted by Gasteiger charge is -2.07. The zero-order chi connectivity index (χ0) is 14.0. The molecule has 0 bridgehead atoms. The second-order valence-electron chi connectivity index (χ2n) is 3.82. The number of amides is 1. The minimum absolute atomic E-state index is 0.216. The fraction of sp³-hybridized carbons (Fsp3) is 0. The molecule has 0 radical (unpaired) electrons. The van der Waals surface area contributed by atoms with E-state index in [0.717, 1.165) is 6.07 Å². The van der Waals surface area contributed by atoms with Gasteiger partial charge in [-0.1, -0.05) is 11.6 Å². The Morgan fingerprint density at radius 1 is 1.26 bits per heavy atom. The SMILES string of the molecule is Nc1ccc(NC(=O)c2ccc(Br)c(F)c2)cc1Cl. The number of carbonyl (C=O) groups is 1. The number of nitrogens with one attached hydrogen (secondary N) is 1. The second kappa shape index (κ2) is 5.59. The third-order valence-electron chi connectivity index (χ3n) is 2.44. The molecular weight excluding hydrogens is 335 g/mol. The highest BCUT2D eigenvalue weighted by Gasteiger charge is 2.09. The van der Waals surface area contributed by atoms with Crippen LogP contribution in [-0.4, -0.2) is 5.91 Å². The zero-order valence-corrected chi connectivity index (χ0v) is 11.9. The van der Waals surface area contributed by atoms with E-state index in [0.29, 0.717) is 20.9 Å². The van der Waals surface area contributed by atoms with Crippen LogP contribution in [0.25, 0.3) is 0 Å². The Labute approximate surface area is 122 Å². The first-order valence-electron chi connectivity index (χ1n) is 5.29. The molecule has 0 aromatic heterocycles. The fourth-order valence-corrected chi connectivity index (χ4v) is 1.87. The molecule has 2 rings (SSSR count). The van der Waals surface area contributed by atoms with Crippen molar-refractivity contribution in [1.29, 1.82) is 0 Å². The second-order valence-corrected chi connectivity index (χ2v) is 5.08. The summed E-state index contributed by atoms with van der Waals surface area (Å²) in [5.74, 6) is -0.921. The average molecular weight is 344 g/mol. The predicted molar refractivity (Wildman–Crippen MR) is 77.9 cm³/mol. The molecule has 0 spiro atoms. The number of hydrogen-bond donors (Lipinski definition) is 2. The highest BCUT2D eigenvalue weighted by atomic mass is 79.9. The van der Waals surface area contributed by atoms with Crippen molar-refractivity contribution in [2.24, 2.45) is 0 Å². The number of nitrogens with two attached hydrogens (primary N) is 1. The molecule has 0 fully saturated rings.